The molecule has 0 radical (unpaired) electrons. The van der Waals surface area contributed by atoms with Crippen LogP contribution >= 0.6 is 11.8 Å². The van der Waals surface area contributed by atoms with Crippen LogP contribution < -0.4 is 0 Å². The molecule has 0 nitrogen and oxygen atoms in total. The standard InChI is InChI=1S/C10H18S/c1-2-3-4-5-7-10-8-6-9-11-10/h7H,2-6,8-9H2,1H3/b10-7-. The van der Waals surface area contributed by atoms with Gasteiger partial charge in [0.1, 0.15) is 0 Å². The molecule has 0 N–H and O–H groups in total. The molecule has 0 aromatic heterocycles. The number of hydrogen-bond donors (Lipinski definition) is 0. The van der Waals surface area contributed by atoms with Gasteiger partial charge in [0.2, 0.25) is 0 Å². The largest absolute Gasteiger partial charge is 0.131 e. The Labute approximate surface area is 74.5 Å². The van der Waals surface area contributed by atoms with E-state index in [-0.39, 0.29) is 0 Å². The third-order valence-electron chi connectivity index (χ3n) is 2.03. The predicted octanol–water partition coefficient (Wildman–Crippen LogP) is 3.98. The average molecular weight is 170 g/mol. The van der Waals surface area contributed by atoms with E-state index in [1.165, 1.54) is 44.3 Å². The Balaban J connectivity index is 2.03. The van der Waals surface area contributed by atoms with Gasteiger partial charge in [-0.1, -0.05) is 25.8 Å². The van der Waals surface area contributed by atoms with E-state index in [2.05, 4.69) is 24.8 Å². The Morgan fingerprint density at radius 2 is 2.36 bits per heavy atom. The maximum Gasteiger partial charge on any atom is -0.00200 e. The zero-order valence-electron chi connectivity index (χ0n) is 7.44. The summed E-state index contributed by atoms with van der Waals surface area (Å²) < 4.78 is 0. The summed E-state index contributed by atoms with van der Waals surface area (Å²) in [5.41, 5.74) is 0. The Hall–Kier alpha value is 0.0900. The minimum absolute atomic E-state index is 1.32. The molecular weight excluding hydrogens is 152 g/mol. The first kappa shape index (κ1) is 9.18. The SMILES string of the molecule is CCCCC/C=C1/CCCS1. The van der Waals surface area contributed by atoms with Gasteiger partial charge in [0, 0.05) is 0 Å². The minimum Gasteiger partial charge on any atom is -0.131 e. The topological polar surface area (TPSA) is 0 Å². The van der Waals surface area contributed by atoms with Gasteiger partial charge in [-0.15, -0.1) is 11.8 Å². The molecule has 1 heterocycles. The van der Waals surface area contributed by atoms with Gasteiger partial charge in [0.05, 0.1) is 0 Å². The van der Waals surface area contributed by atoms with Gasteiger partial charge in [-0.3, -0.25) is 0 Å². The highest BCUT2D eigenvalue weighted by Gasteiger charge is 2.05. The molecule has 0 amide bonds. The zero-order chi connectivity index (χ0) is 7.94. The Bertz CT molecular complexity index is 119. The van der Waals surface area contributed by atoms with Crippen LogP contribution in [0, 0.1) is 0 Å². The third-order valence-corrected chi connectivity index (χ3v) is 3.27. The van der Waals surface area contributed by atoms with E-state index in [1.807, 2.05) is 0 Å². The van der Waals surface area contributed by atoms with Crippen LogP contribution in [0.25, 0.3) is 0 Å². The minimum atomic E-state index is 1.32. The van der Waals surface area contributed by atoms with Crippen molar-refractivity contribution >= 4 is 11.8 Å². The molecule has 1 rings (SSSR count). The maximum atomic E-state index is 2.45. The first-order chi connectivity index (χ1) is 5.43. The summed E-state index contributed by atoms with van der Waals surface area (Å²) in [7, 11) is 0. The molecule has 0 saturated carbocycles. The first-order valence-corrected chi connectivity index (χ1v) is 5.74. The second-order valence-electron chi connectivity index (χ2n) is 3.12. The van der Waals surface area contributed by atoms with Gasteiger partial charge in [0.25, 0.3) is 0 Å². The fourth-order valence-electron chi connectivity index (χ4n) is 1.34. The monoisotopic (exact) mass is 170 g/mol. The van der Waals surface area contributed by atoms with Crippen molar-refractivity contribution in [2.75, 3.05) is 5.75 Å². The van der Waals surface area contributed by atoms with E-state index in [0.717, 1.165) is 0 Å². The molecular formula is C10H18S. The van der Waals surface area contributed by atoms with Crippen molar-refractivity contribution in [1.82, 2.24) is 0 Å². The summed E-state index contributed by atoms with van der Waals surface area (Å²) in [6.07, 6.45) is 10.7. The number of allylic oxidation sites excluding steroid dienone is 2. The number of hydrogen-bond acceptors (Lipinski definition) is 1. The normalized spacial score (nSPS) is 21.4. The van der Waals surface area contributed by atoms with Crippen molar-refractivity contribution in [3.05, 3.63) is 11.0 Å². The van der Waals surface area contributed by atoms with Gasteiger partial charge < -0.3 is 0 Å². The van der Waals surface area contributed by atoms with Crippen LogP contribution in [0.5, 0.6) is 0 Å². The highest BCUT2D eigenvalue weighted by Crippen LogP contribution is 2.30. The van der Waals surface area contributed by atoms with Crippen LogP contribution in [0.1, 0.15) is 45.4 Å². The Kier molecular flexibility index (Phi) is 4.76. The van der Waals surface area contributed by atoms with Crippen LogP contribution in [0.4, 0.5) is 0 Å². The summed E-state index contributed by atoms with van der Waals surface area (Å²) in [6, 6.07) is 0. The zero-order valence-corrected chi connectivity index (χ0v) is 8.25. The molecule has 0 bridgehead atoms. The number of thioether (sulfide) groups is 1. The summed E-state index contributed by atoms with van der Waals surface area (Å²) >= 11 is 2.06. The van der Waals surface area contributed by atoms with Crippen molar-refractivity contribution in [2.45, 2.75) is 45.4 Å². The lowest BCUT2D eigenvalue weighted by atomic mass is 10.2. The van der Waals surface area contributed by atoms with Gasteiger partial charge in [-0.25, -0.2) is 0 Å². The summed E-state index contributed by atoms with van der Waals surface area (Å²) in [5.74, 6) is 1.36. The van der Waals surface area contributed by atoms with E-state index in [9.17, 15) is 0 Å². The Morgan fingerprint density at radius 3 is 3.00 bits per heavy atom. The molecule has 1 saturated heterocycles. The van der Waals surface area contributed by atoms with Crippen LogP contribution in [-0.2, 0) is 0 Å². The highest BCUT2D eigenvalue weighted by molar-refractivity contribution is 8.03. The molecule has 11 heavy (non-hydrogen) atoms. The van der Waals surface area contributed by atoms with E-state index in [0.29, 0.717) is 0 Å². The fraction of sp³-hybridized carbons (Fsp3) is 0.800. The third kappa shape index (κ3) is 3.85. The van der Waals surface area contributed by atoms with Crippen LogP contribution in [0.15, 0.2) is 11.0 Å². The Morgan fingerprint density at radius 1 is 1.45 bits per heavy atom. The van der Waals surface area contributed by atoms with Crippen LogP contribution in [-0.4, -0.2) is 5.75 Å². The van der Waals surface area contributed by atoms with E-state index in [1.54, 1.807) is 4.91 Å². The van der Waals surface area contributed by atoms with Crippen molar-refractivity contribution in [3.63, 3.8) is 0 Å². The van der Waals surface area contributed by atoms with Crippen LogP contribution in [0.3, 0.4) is 0 Å². The lowest BCUT2D eigenvalue weighted by Crippen LogP contribution is -1.73. The molecule has 0 atom stereocenters. The molecule has 1 fully saturated rings. The van der Waals surface area contributed by atoms with Crippen molar-refractivity contribution in [2.24, 2.45) is 0 Å². The molecule has 0 aliphatic carbocycles. The number of unbranched alkanes of at least 4 members (excludes halogenated alkanes) is 3. The van der Waals surface area contributed by atoms with Gasteiger partial charge >= 0.3 is 0 Å². The molecule has 1 aliphatic heterocycles. The molecule has 64 valence electrons. The summed E-state index contributed by atoms with van der Waals surface area (Å²) in [5, 5.41) is 0. The van der Waals surface area contributed by atoms with Crippen molar-refractivity contribution < 1.29 is 0 Å². The van der Waals surface area contributed by atoms with Gasteiger partial charge in [0.15, 0.2) is 0 Å². The first-order valence-electron chi connectivity index (χ1n) is 4.75. The van der Waals surface area contributed by atoms with Gasteiger partial charge in [-0.2, -0.15) is 0 Å². The molecule has 0 aromatic carbocycles. The predicted molar refractivity (Wildman–Crippen MR) is 53.9 cm³/mol. The van der Waals surface area contributed by atoms with E-state index >= 15 is 0 Å². The lowest BCUT2D eigenvalue weighted by molar-refractivity contribution is 0.727. The summed E-state index contributed by atoms with van der Waals surface area (Å²) in [4.78, 5) is 1.65. The molecule has 1 heteroatoms. The van der Waals surface area contributed by atoms with Crippen molar-refractivity contribution in [1.29, 1.82) is 0 Å². The van der Waals surface area contributed by atoms with Crippen LogP contribution in [0.2, 0.25) is 0 Å². The van der Waals surface area contributed by atoms with E-state index in [4.69, 9.17) is 0 Å². The second kappa shape index (κ2) is 5.70. The molecule has 0 unspecified atom stereocenters. The molecule has 0 aromatic rings. The molecule has 1 aliphatic rings. The highest BCUT2D eigenvalue weighted by atomic mass is 32.2. The lowest BCUT2D eigenvalue weighted by Gasteiger charge is -1.95. The number of rotatable bonds is 4. The average Bonchev–Trinajstić information content (AvgIpc) is 2.50. The second-order valence-corrected chi connectivity index (χ2v) is 4.34. The quantitative estimate of drug-likeness (QED) is 0.575. The maximum absolute atomic E-state index is 2.45. The summed E-state index contributed by atoms with van der Waals surface area (Å²) in [6.45, 7) is 2.26. The molecule has 0 spiro atoms. The van der Waals surface area contributed by atoms with Crippen molar-refractivity contribution in [3.8, 4) is 0 Å². The fourth-order valence-corrected chi connectivity index (χ4v) is 2.42. The smallest absolute Gasteiger partial charge is 0.00200 e. The van der Waals surface area contributed by atoms with Gasteiger partial charge in [-0.05, 0) is 36.3 Å². The van der Waals surface area contributed by atoms with E-state index < -0.39 is 0 Å².